The van der Waals surface area contributed by atoms with E-state index in [1.165, 1.54) is 89.9 Å². The van der Waals surface area contributed by atoms with Crippen molar-refractivity contribution in [3.63, 3.8) is 0 Å². The quantitative estimate of drug-likeness (QED) is 0.0434. The summed E-state index contributed by atoms with van der Waals surface area (Å²) in [5.41, 5.74) is 0. The first kappa shape index (κ1) is 46.1. The van der Waals surface area contributed by atoms with Crippen molar-refractivity contribution < 1.29 is 69.0 Å². The Labute approximate surface area is 304 Å². The number of rotatable bonds is 29. The van der Waals surface area contributed by atoms with Crippen molar-refractivity contribution in [1.82, 2.24) is 0 Å². The summed E-state index contributed by atoms with van der Waals surface area (Å²) >= 11 is 0. The second-order valence-electron chi connectivity index (χ2n) is 14.1. The number of hydrogen-bond donors (Lipinski definition) is 7. The van der Waals surface area contributed by atoms with Gasteiger partial charge in [0.2, 0.25) is 0 Å². The number of esters is 1. The zero-order valence-electron chi connectivity index (χ0n) is 31.1. The lowest BCUT2D eigenvalue weighted by Gasteiger charge is -2.42. The molecule has 0 saturated carbocycles. The van der Waals surface area contributed by atoms with Gasteiger partial charge >= 0.3 is 5.97 Å². The number of carbonyl (C=O) groups is 1. The predicted octanol–water partition coefficient (Wildman–Crippen LogP) is 2.62. The monoisotopic (exact) mass is 738 g/mol. The summed E-state index contributed by atoms with van der Waals surface area (Å²) < 4.78 is 33.3. The van der Waals surface area contributed by atoms with E-state index in [2.05, 4.69) is 6.92 Å². The van der Waals surface area contributed by atoms with Crippen molar-refractivity contribution in [3.05, 3.63) is 0 Å². The molecule has 11 unspecified atom stereocenters. The molecule has 0 radical (unpaired) electrons. The van der Waals surface area contributed by atoms with E-state index in [9.17, 15) is 40.5 Å². The molecule has 14 nitrogen and oxygen atoms in total. The molecule has 2 aliphatic rings. The van der Waals surface area contributed by atoms with Crippen molar-refractivity contribution in [3.8, 4) is 0 Å². The van der Waals surface area contributed by atoms with Crippen molar-refractivity contribution in [2.24, 2.45) is 0 Å². The average Bonchev–Trinajstić information content (AvgIpc) is 3.13. The van der Waals surface area contributed by atoms with Gasteiger partial charge in [-0.3, -0.25) is 4.79 Å². The van der Waals surface area contributed by atoms with Crippen molar-refractivity contribution in [1.29, 1.82) is 0 Å². The normalized spacial score (nSPS) is 30.4. The Morgan fingerprint density at radius 2 is 1.02 bits per heavy atom. The molecule has 2 rings (SSSR count). The van der Waals surface area contributed by atoms with E-state index in [0.717, 1.165) is 19.3 Å². The van der Waals surface area contributed by atoms with Gasteiger partial charge < -0.3 is 64.2 Å². The fourth-order valence-corrected chi connectivity index (χ4v) is 6.32. The maximum Gasteiger partial charge on any atom is 0.305 e. The van der Waals surface area contributed by atoms with Crippen molar-refractivity contribution in [2.45, 2.75) is 197 Å². The molecule has 302 valence electrons. The lowest BCUT2D eigenvalue weighted by molar-refractivity contribution is -0.332. The third kappa shape index (κ3) is 17.8. The highest BCUT2D eigenvalue weighted by Crippen LogP contribution is 2.26. The molecule has 0 aromatic carbocycles. The van der Waals surface area contributed by atoms with Crippen LogP contribution in [-0.4, -0.2) is 142 Å². The second-order valence-corrected chi connectivity index (χ2v) is 14.1. The van der Waals surface area contributed by atoms with E-state index < -0.39 is 86.7 Å². The van der Waals surface area contributed by atoms with Gasteiger partial charge in [0.15, 0.2) is 12.6 Å². The van der Waals surface area contributed by atoms with Crippen molar-refractivity contribution in [2.75, 3.05) is 33.0 Å². The summed E-state index contributed by atoms with van der Waals surface area (Å²) in [6, 6.07) is 0. The summed E-state index contributed by atoms with van der Waals surface area (Å²) in [5, 5.41) is 71.0. The smallest absolute Gasteiger partial charge is 0.305 e. The summed E-state index contributed by atoms with van der Waals surface area (Å²) in [6.45, 7) is 3.10. The molecular weight excluding hydrogens is 668 g/mol. The first-order chi connectivity index (χ1) is 24.6. The van der Waals surface area contributed by atoms with Gasteiger partial charge in [-0.1, -0.05) is 117 Å². The van der Waals surface area contributed by atoms with Gasteiger partial charge in [-0.15, -0.1) is 0 Å². The summed E-state index contributed by atoms with van der Waals surface area (Å²) in [6.07, 6.45) is 5.87. The fraction of sp³-hybridized carbons (Fsp3) is 0.973. The van der Waals surface area contributed by atoms with Crippen LogP contribution in [0.15, 0.2) is 0 Å². The second kappa shape index (κ2) is 27.6. The van der Waals surface area contributed by atoms with Crippen LogP contribution in [0.1, 0.15) is 129 Å². The van der Waals surface area contributed by atoms with E-state index >= 15 is 0 Å². The van der Waals surface area contributed by atoms with Gasteiger partial charge in [0.05, 0.1) is 26.4 Å². The molecule has 0 amide bonds. The minimum atomic E-state index is -1.69. The average molecular weight is 739 g/mol. The number of carbonyl (C=O) groups excluding carboxylic acids is 1. The van der Waals surface area contributed by atoms with Gasteiger partial charge in [0.1, 0.15) is 54.9 Å². The largest absolute Gasteiger partial charge is 0.457 e. The van der Waals surface area contributed by atoms with Crippen LogP contribution in [0, 0.1) is 0 Å². The highest BCUT2D eigenvalue weighted by atomic mass is 16.7. The molecule has 51 heavy (non-hydrogen) atoms. The lowest BCUT2D eigenvalue weighted by Crippen LogP contribution is -2.61. The highest BCUT2D eigenvalue weighted by molar-refractivity contribution is 5.69. The molecule has 2 aliphatic heterocycles. The summed E-state index contributed by atoms with van der Waals surface area (Å²) in [7, 11) is 0. The maximum absolute atomic E-state index is 12.1. The molecule has 0 aliphatic carbocycles. The number of ether oxygens (including phenoxy) is 6. The van der Waals surface area contributed by atoms with E-state index in [1.807, 2.05) is 0 Å². The van der Waals surface area contributed by atoms with Gasteiger partial charge in [-0.25, -0.2) is 0 Å². The molecule has 2 saturated heterocycles. The van der Waals surface area contributed by atoms with Crippen LogP contribution >= 0.6 is 0 Å². The lowest BCUT2D eigenvalue weighted by atomic mass is 9.98. The SMILES string of the molecule is CCCCCCCCCCCCCCCCCCCOCC(COC1OC(COC2OC(CO)C(O)C(O)C2O)C(O)C(O)C1O)OC(=O)CC. The highest BCUT2D eigenvalue weighted by Gasteiger charge is 2.47. The zero-order valence-corrected chi connectivity index (χ0v) is 31.1. The van der Waals surface area contributed by atoms with Crippen LogP contribution in [0.5, 0.6) is 0 Å². The van der Waals surface area contributed by atoms with Gasteiger partial charge in [0, 0.05) is 13.0 Å². The fourth-order valence-electron chi connectivity index (χ4n) is 6.32. The Bertz CT molecular complexity index is 865. The Morgan fingerprint density at radius 3 is 1.51 bits per heavy atom. The van der Waals surface area contributed by atoms with Crippen LogP contribution < -0.4 is 0 Å². The Morgan fingerprint density at radius 1 is 0.569 bits per heavy atom. The zero-order chi connectivity index (χ0) is 37.4. The predicted molar refractivity (Wildman–Crippen MR) is 188 cm³/mol. The first-order valence-corrected chi connectivity index (χ1v) is 19.6. The van der Waals surface area contributed by atoms with Crippen LogP contribution in [0.4, 0.5) is 0 Å². The van der Waals surface area contributed by atoms with Crippen LogP contribution in [0.2, 0.25) is 0 Å². The van der Waals surface area contributed by atoms with E-state index in [0.29, 0.717) is 6.61 Å². The Hall–Kier alpha value is -1.01. The third-order valence-electron chi connectivity index (χ3n) is 9.67. The molecular formula is C37H70O14. The van der Waals surface area contributed by atoms with Crippen LogP contribution in [-0.2, 0) is 33.2 Å². The topological polar surface area (TPSA) is 214 Å². The van der Waals surface area contributed by atoms with Gasteiger partial charge in [-0.05, 0) is 6.42 Å². The number of aliphatic hydroxyl groups excluding tert-OH is 7. The van der Waals surface area contributed by atoms with Crippen molar-refractivity contribution >= 4 is 5.97 Å². The molecule has 0 aromatic heterocycles. The minimum Gasteiger partial charge on any atom is -0.457 e. The third-order valence-corrected chi connectivity index (χ3v) is 9.67. The molecule has 11 atom stereocenters. The Balaban J connectivity index is 1.63. The van der Waals surface area contributed by atoms with E-state index in [4.69, 9.17) is 28.4 Å². The Kier molecular flexibility index (Phi) is 24.9. The molecule has 0 aromatic rings. The number of aliphatic hydroxyl groups is 7. The van der Waals surface area contributed by atoms with Crippen LogP contribution in [0.25, 0.3) is 0 Å². The molecule has 14 heteroatoms. The van der Waals surface area contributed by atoms with E-state index in [1.54, 1.807) is 6.92 Å². The molecule has 7 N–H and O–H groups in total. The van der Waals surface area contributed by atoms with E-state index in [-0.39, 0.29) is 19.6 Å². The van der Waals surface area contributed by atoms with Gasteiger partial charge in [-0.2, -0.15) is 0 Å². The summed E-state index contributed by atoms with van der Waals surface area (Å²) in [4.78, 5) is 12.1. The number of unbranched alkanes of at least 4 members (excludes halogenated alkanes) is 16. The molecule has 2 heterocycles. The molecule has 2 fully saturated rings. The van der Waals surface area contributed by atoms with Crippen LogP contribution in [0.3, 0.4) is 0 Å². The summed E-state index contributed by atoms with van der Waals surface area (Å²) in [5.74, 6) is -0.462. The molecule has 0 bridgehead atoms. The minimum absolute atomic E-state index is 0.0578. The maximum atomic E-state index is 12.1. The van der Waals surface area contributed by atoms with Gasteiger partial charge in [0.25, 0.3) is 0 Å². The first-order valence-electron chi connectivity index (χ1n) is 19.6. The molecule has 0 spiro atoms. The number of hydrogen-bond acceptors (Lipinski definition) is 14. The standard InChI is InChI=1S/C37H70O14/c1-3-5-6-7-8-9-10-11-12-13-14-15-16-17-18-19-20-21-46-23-26(49-29(39)4-2)24-47-36-35(45)33(43)31(41)28(51-36)25-48-37-34(44)32(42)30(40)27(22-38)50-37/h26-28,30-38,40-45H,3-25H2,1-2H3.